The first-order valence-electron chi connectivity index (χ1n) is 14.6. The minimum absolute atomic E-state index is 0.280. The minimum Gasteiger partial charge on any atom is -0.384 e. The average molecular weight is 548 g/mol. The Balaban J connectivity index is 1.36. The van der Waals surface area contributed by atoms with Gasteiger partial charge in [-0.2, -0.15) is 0 Å². The van der Waals surface area contributed by atoms with Crippen LogP contribution in [0.5, 0.6) is 0 Å². The Labute approximate surface area is 229 Å². The monoisotopic (exact) mass is 547 g/mol. The van der Waals surface area contributed by atoms with Crippen molar-refractivity contribution in [3.8, 4) is 0 Å². The third kappa shape index (κ3) is 4.79. The van der Waals surface area contributed by atoms with E-state index in [1.165, 1.54) is 30.7 Å². The molecular formula is C30H45NO4S2. The van der Waals surface area contributed by atoms with Crippen molar-refractivity contribution in [1.82, 2.24) is 0 Å². The van der Waals surface area contributed by atoms with E-state index in [1.807, 2.05) is 0 Å². The molecule has 0 aromatic carbocycles. The summed E-state index contributed by atoms with van der Waals surface area (Å²) in [7, 11) is -0.433. The van der Waals surface area contributed by atoms with E-state index in [0.29, 0.717) is 30.3 Å². The predicted molar refractivity (Wildman–Crippen MR) is 154 cm³/mol. The van der Waals surface area contributed by atoms with E-state index in [2.05, 4.69) is 38.0 Å². The summed E-state index contributed by atoms with van der Waals surface area (Å²) in [5.74, 6) is 0.879. The summed E-state index contributed by atoms with van der Waals surface area (Å²) in [6.07, 6.45) is 14.5. The van der Waals surface area contributed by atoms with Crippen LogP contribution in [0.25, 0.3) is 0 Å². The number of anilines is 1. The molecule has 0 bridgehead atoms. The molecule has 1 aromatic heterocycles. The van der Waals surface area contributed by atoms with Crippen LogP contribution in [-0.4, -0.2) is 46.5 Å². The van der Waals surface area contributed by atoms with Crippen LogP contribution in [0.3, 0.4) is 0 Å². The molecule has 0 radical (unpaired) electrons. The van der Waals surface area contributed by atoms with E-state index in [1.54, 1.807) is 11.3 Å². The molecule has 4 fully saturated rings. The van der Waals surface area contributed by atoms with E-state index in [9.17, 15) is 9.90 Å². The van der Waals surface area contributed by atoms with E-state index < -0.39 is 16.1 Å². The zero-order chi connectivity index (χ0) is 26.0. The highest BCUT2D eigenvalue weighted by atomic mass is 32.2. The van der Waals surface area contributed by atoms with Gasteiger partial charge in [0.2, 0.25) is 5.12 Å². The van der Waals surface area contributed by atoms with Crippen molar-refractivity contribution in [3.63, 3.8) is 0 Å². The number of hydrogen-bond donors (Lipinski definition) is 1. The van der Waals surface area contributed by atoms with E-state index in [0.717, 1.165) is 72.7 Å². The van der Waals surface area contributed by atoms with Crippen LogP contribution in [0.2, 0.25) is 0 Å². The molecule has 1 spiro atoms. The van der Waals surface area contributed by atoms with Crippen molar-refractivity contribution >= 4 is 37.6 Å². The Bertz CT molecular complexity index is 1060. The first-order valence-corrected chi connectivity index (χ1v) is 17.1. The largest absolute Gasteiger partial charge is 0.384 e. The fourth-order valence-electron chi connectivity index (χ4n) is 7.44. The number of thiophene rings is 1. The molecule has 2 aliphatic heterocycles. The number of nitrogens with zero attached hydrogens (tertiary/aromatic N) is 1. The molecule has 7 heteroatoms. The maximum atomic E-state index is 13.9. The molecule has 1 N–H and O–H groups in total. The van der Waals surface area contributed by atoms with Gasteiger partial charge in [-0.3, -0.25) is 4.79 Å². The molecule has 206 valence electrons. The third-order valence-electron chi connectivity index (χ3n) is 10.1. The molecule has 5 aliphatic rings. The number of carbonyl (C=O) groups excluding carboxylic acids is 1. The zero-order valence-corrected chi connectivity index (χ0v) is 24.8. The normalized spacial score (nSPS) is 35.1. The summed E-state index contributed by atoms with van der Waals surface area (Å²) in [5, 5.41) is 12.1. The Morgan fingerprint density at radius 1 is 0.973 bits per heavy atom. The van der Waals surface area contributed by atoms with Crippen molar-refractivity contribution in [2.45, 2.75) is 115 Å². The second kappa shape index (κ2) is 9.72. The van der Waals surface area contributed by atoms with Crippen LogP contribution in [0.1, 0.15) is 112 Å². The van der Waals surface area contributed by atoms with Crippen molar-refractivity contribution in [2.75, 3.05) is 24.4 Å². The molecule has 1 aromatic rings. The highest BCUT2D eigenvalue weighted by Crippen LogP contribution is 2.52. The quantitative estimate of drug-likeness (QED) is 0.412. The number of ether oxygens (including phenoxy) is 2. The Kier molecular flexibility index (Phi) is 6.96. The summed E-state index contributed by atoms with van der Waals surface area (Å²) in [5.41, 5.74) is 0.567. The standard InChI is InChI=1S/C30H45NO4S2/c1-20-5-7-21(8-6-20)26-31(22-9-11-30(12-10-22)34-17-18-35-30)23-19-24(36-25(23)27(32)37(26)4)29(33)15-13-28(2,3)14-16-29/h19-22,33H,5-18H2,1-4H3. The minimum atomic E-state index is -0.807. The van der Waals surface area contributed by atoms with E-state index in [4.69, 9.17) is 9.47 Å². The lowest BCUT2D eigenvalue weighted by Gasteiger charge is -2.46. The summed E-state index contributed by atoms with van der Waals surface area (Å²) in [4.78, 5) is 19.8. The topological polar surface area (TPSA) is 59.0 Å². The number of carbonyl (C=O) groups is 1. The predicted octanol–water partition coefficient (Wildman–Crippen LogP) is 7.04. The van der Waals surface area contributed by atoms with Crippen molar-refractivity contribution < 1.29 is 19.4 Å². The van der Waals surface area contributed by atoms with Crippen LogP contribution in [0.15, 0.2) is 6.07 Å². The molecule has 6 rings (SSSR count). The molecule has 3 aliphatic carbocycles. The third-order valence-corrected chi connectivity index (χ3v) is 13.5. The second-order valence-corrected chi connectivity index (χ2v) is 16.2. The Hall–Kier alpha value is -0.730. The average Bonchev–Trinajstić information content (AvgIpc) is 3.53. The van der Waals surface area contributed by atoms with Gasteiger partial charge in [-0.25, -0.2) is 0 Å². The Morgan fingerprint density at radius 2 is 1.59 bits per heavy atom. The van der Waals surface area contributed by atoms with E-state index in [-0.39, 0.29) is 11.2 Å². The van der Waals surface area contributed by atoms with Crippen LogP contribution >= 0.6 is 21.8 Å². The van der Waals surface area contributed by atoms with Gasteiger partial charge in [0.25, 0.3) is 0 Å². The summed E-state index contributed by atoms with van der Waals surface area (Å²) in [6, 6.07) is 2.59. The van der Waals surface area contributed by atoms with Gasteiger partial charge in [-0.15, -0.1) is 11.3 Å². The van der Waals surface area contributed by atoms with Gasteiger partial charge < -0.3 is 19.5 Å². The van der Waals surface area contributed by atoms with Gasteiger partial charge >= 0.3 is 0 Å². The van der Waals surface area contributed by atoms with Gasteiger partial charge in [0, 0.05) is 29.7 Å². The maximum absolute atomic E-state index is 13.9. The highest BCUT2D eigenvalue weighted by molar-refractivity contribution is 8.28. The second-order valence-electron chi connectivity index (χ2n) is 13.3. The van der Waals surface area contributed by atoms with Gasteiger partial charge in [-0.05, 0) is 75.0 Å². The SMILES string of the molecule is CC1CCC(C2=S(C)C(=O)c3sc(C4(O)CCC(C)(C)CC4)cc3N2C2CCC3(CC2)OCCO3)CC1. The fourth-order valence-corrected chi connectivity index (χ4v) is 10.9. The molecular weight excluding hydrogens is 502 g/mol. The molecule has 5 nitrogen and oxygen atoms in total. The number of hydrogen-bond acceptors (Lipinski definition) is 6. The zero-order valence-electron chi connectivity index (χ0n) is 23.1. The number of fused-ring (bicyclic) bond motifs is 1. The van der Waals surface area contributed by atoms with Crippen LogP contribution in [-0.2, 0) is 15.1 Å². The van der Waals surface area contributed by atoms with Crippen LogP contribution in [0, 0.1) is 17.3 Å². The lowest BCUT2D eigenvalue weighted by Crippen LogP contribution is -2.50. The fraction of sp³-hybridized carbons (Fsp3) is 0.800. The van der Waals surface area contributed by atoms with Gasteiger partial charge in [-0.1, -0.05) is 44.1 Å². The van der Waals surface area contributed by atoms with Gasteiger partial charge in [0.15, 0.2) is 5.79 Å². The molecule has 3 saturated carbocycles. The van der Waals surface area contributed by atoms with Crippen molar-refractivity contribution in [2.24, 2.45) is 17.3 Å². The van der Waals surface area contributed by atoms with Crippen LogP contribution < -0.4 is 4.90 Å². The van der Waals surface area contributed by atoms with Gasteiger partial charge in [0.05, 0.1) is 29.5 Å². The molecule has 1 unspecified atom stereocenters. The van der Waals surface area contributed by atoms with Gasteiger partial charge in [0.1, 0.15) is 4.88 Å². The molecule has 1 atom stereocenters. The van der Waals surface area contributed by atoms with Crippen molar-refractivity contribution in [1.29, 1.82) is 0 Å². The van der Waals surface area contributed by atoms with Crippen LogP contribution in [0.4, 0.5) is 5.69 Å². The first kappa shape index (κ1) is 26.5. The Morgan fingerprint density at radius 3 is 2.22 bits per heavy atom. The highest BCUT2D eigenvalue weighted by Gasteiger charge is 2.47. The van der Waals surface area contributed by atoms with Crippen molar-refractivity contribution in [3.05, 3.63) is 15.8 Å². The lowest BCUT2D eigenvalue weighted by atomic mass is 9.70. The molecule has 1 saturated heterocycles. The maximum Gasteiger partial charge on any atom is 0.227 e. The molecule has 3 heterocycles. The lowest BCUT2D eigenvalue weighted by molar-refractivity contribution is -0.178. The number of aliphatic hydroxyl groups is 1. The first-order chi connectivity index (χ1) is 17.6. The van der Waals surface area contributed by atoms with E-state index >= 15 is 0 Å². The molecule has 37 heavy (non-hydrogen) atoms. The summed E-state index contributed by atoms with van der Waals surface area (Å²) in [6.45, 7) is 8.38. The summed E-state index contributed by atoms with van der Waals surface area (Å²) >= 11 is 1.59. The smallest absolute Gasteiger partial charge is 0.227 e. The summed E-state index contributed by atoms with van der Waals surface area (Å²) < 4.78 is 12.1. The molecule has 0 amide bonds. The number of rotatable bonds is 3.